The molecule has 3 fully saturated rings. The van der Waals surface area contributed by atoms with Gasteiger partial charge in [0.05, 0.1) is 25.4 Å². The number of carbonyl (C=O) groups is 1. The van der Waals surface area contributed by atoms with Gasteiger partial charge in [-0.05, 0) is 63.6 Å². The predicted molar refractivity (Wildman–Crippen MR) is 163 cm³/mol. The number of ketones is 1. The lowest BCUT2D eigenvalue weighted by Gasteiger charge is -2.51. The van der Waals surface area contributed by atoms with Crippen molar-refractivity contribution < 1.29 is 18.7 Å². The Hall–Kier alpha value is -2.57. The van der Waals surface area contributed by atoms with Crippen LogP contribution in [0.3, 0.4) is 0 Å². The van der Waals surface area contributed by atoms with Gasteiger partial charge in [0.1, 0.15) is 5.78 Å². The van der Waals surface area contributed by atoms with E-state index in [9.17, 15) is 4.79 Å². The summed E-state index contributed by atoms with van der Waals surface area (Å²) in [6.07, 6.45) is 3.47. The van der Waals surface area contributed by atoms with Gasteiger partial charge in [-0.2, -0.15) is 0 Å². The van der Waals surface area contributed by atoms with Crippen LogP contribution in [0.2, 0.25) is 0 Å². The number of carbonyl (C=O) groups excluding carboxylic acids is 1. The number of Topliss-reactive ketones (excluding diaryl/α,β-unsaturated/α-hetero) is 1. The zero-order chi connectivity index (χ0) is 28.2. The molecule has 0 N–H and O–H groups in total. The lowest BCUT2D eigenvalue weighted by Crippen LogP contribution is -2.57. The second-order valence-electron chi connectivity index (χ2n) is 13.6. The lowest BCUT2D eigenvalue weighted by molar-refractivity contribution is -0.177. The Bertz CT molecular complexity index is 1360. The Labute approximate surface area is 246 Å². The second-order valence-corrected chi connectivity index (χ2v) is 15.7. The van der Waals surface area contributed by atoms with Crippen molar-refractivity contribution in [3.63, 3.8) is 0 Å². The maximum absolute atomic E-state index is 14.3. The van der Waals surface area contributed by atoms with Crippen LogP contribution in [0, 0.1) is 17.3 Å². The molecule has 6 atom stereocenters. The number of hydrogen-bond acceptors (Lipinski definition) is 4. The van der Waals surface area contributed by atoms with Crippen LogP contribution in [0.1, 0.15) is 62.6 Å². The summed E-state index contributed by atoms with van der Waals surface area (Å²) < 4.78 is 19.9. The van der Waals surface area contributed by atoms with Crippen molar-refractivity contribution in [3.8, 4) is 0 Å². The molecule has 4 aliphatic rings. The molecule has 213 valence electrons. The SMILES string of the molecule is CC(C)(C)c1ccc2c(c1)CC[C@@H]1[C@@H]2C(=O)C[C@]2(CO[Si](c3ccccc3)c3ccccc3)C3OCCOC3C[C@@H]12. The third-order valence-electron chi connectivity index (χ3n) is 10.3. The van der Waals surface area contributed by atoms with E-state index in [1.807, 2.05) is 0 Å². The molecule has 4 nitrogen and oxygen atoms in total. The lowest BCUT2D eigenvalue weighted by atomic mass is 9.54. The van der Waals surface area contributed by atoms with E-state index >= 15 is 0 Å². The van der Waals surface area contributed by atoms with E-state index in [2.05, 4.69) is 99.6 Å². The maximum atomic E-state index is 14.3. The van der Waals surface area contributed by atoms with Gasteiger partial charge in [-0.1, -0.05) is 99.6 Å². The van der Waals surface area contributed by atoms with Crippen molar-refractivity contribution >= 4 is 25.2 Å². The van der Waals surface area contributed by atoms with E-state index in [1.165, 1.54) is 27.1 Å². The van der Waals surface area contributed by atoms with E-state index in [0.29, 0.717) is 43.9 Å². The van der Waals surface area contributed by atoms with Crippen molar-refractivity contribution in [2.24, 2.45) is 17.3 Å². The second kappa shape index (κ2) is 10.6. The molecule has 1 radical (unpaired) electrons. The van der Waals surface area contributed by atoms with Crippen molar-refractivity contribution in [1.82, 2.24) is 0 Å². The monoisotopic (exact) mass is 565 g/mol. The van der Waals surface area contributed by atoms with Crippen molar-refractivity contribution in [2.75, 3.05) is 19.8 Å². The summed E-state index contributed by atoms with van der Waals surface area (Å²) in [6, 6.07) is 28.1. The minimum Gasteiger partial charge on any atom is -0.407 e. The minimum absolute atomic E-state index is 0.0286. The van der Waals surface area contributed by atoms with Gasteiger partial charge in [0.15, 0.2) is 0 Å². The number of aryl methyl sites for hydroxylation is 1. The molecule has 1 heterocycles. The van der Waals surface area contributed by atoms with Gasteiger partial charge in [0.2, 0.25) is 0 Å². The molecule has 0 aromatic heterocycles. The Kier molecular flexibility index (Phi) is 7.06. The Morgan fingerprint density at radius 2 is 1.61 bits per heavy atom. The summed E-state index contributed by atoms with van der Waals surface area (Å²) in [6.45, 7) is 8.55. The molecule has 1 saturated heterocycles. The fourth-order valence-corrected chi connectivity index (χ4v) is 10.4. The van der Waals surface area contributed by atoms with Gasteiger partial charge in [-0.3, -0.25) is 4.79 Å². The van der Waals surface area contributed by atoms with Gasteiger partial charge >= 0.3 is 0 Å². The quantitative estimate of drug-likeness (QED) is 0.398. The van der Waals surface area contributed by atoms with E-state index < -0.39 is 9.04 Å². The van der Waals surface area contributed by atoms with Crippen LogP contribution in [0.15, 0.2) is 78.9 Å². The Balaban J connectivity index is 1.24. The van der Waals surface area contributed by atoms with Crippen LogP contribution in [-0.2, 0) is 30.5 Å². The molecular formula is C36H41O4Si. The first-order valence-electron chi connectivity index (χ1n) is 15.3. The first-order valence-corrected chi connectivity index (χ1v) is 16.8. The Morgan fingerprint density at radius 1 is 0.927 bits per heavy atom. The third-order valence-corrected chi connectivity index (χ3v) is 12.4. The van der Waals surface area contributed by atoms with Crippen LogP contribution in [0.25, 0.3) is 0 Å². The number of hydrogen-bond donors (Lipinski definition) is 0. The molecule has 0 amide bonds. The number of rotatable bonds is 5. The summed E-state index contributed by atoms with van der Waals surface area (Å²) >= 11 is 0. The van der Waals surface area contributed by atoms with Crippen LogP contribution in [0.4, 0.5) is 0 Å². The molecule has 5 heteroatoms. The van der Waals surface area contributed by atoms with Crippen molar-refractivity contribution in [1.29, 1.82) is 0 Å². The van der Waals surface area contributed by atoms with E-state index in [4.69, 9.17) is 13.9 Å². The first-order chi connectivity index (χ1) is 19.8. The van der Waals surface area contributed by atoms with E-state index in [1.54, 1.807) is 0 Å². The van der Waals surface area contributed by atoms with Gasteiger partial charge < -0.3 is 13.9 Å². The molecule has 3 aromatic rings. The molecule has 7 rings (SSSR count). The summed E-state index contributed by atoms with van der Waals surface area (Å²) in [7, 11) is -1.50. The maximum Gasteiger partial charge on any atom is 0.282 e. The minimum atomic E-state index is -1.50. The average molecular weight is 566 g/mol. The van der Waals surface area contributed by atoms with Crippen molar-refractivity contribution in [2.45, 2.75) is 70.0 Å². The Morgan fingerprint density at radius 3 is 2.29 bits per heavy atom. The summed E-state index contributed by atoms with van der Waals surface area (Å²) in [4.78, 5) is 14.3. The van der Waals surface area contributed by atoms with Crippen LogP contribution >= 0.6 is 0 Å². The normalized spacial score (nSPS) is 30.8. The summed E-state index contributed by atoms with van der Waals surface area (Å²) in [5.74, 6) is 0.972. The zero-order valence-electron chi connectivity index (χ0n) is 24.5. The van der Waals surface area contributed by atoms with E-state index in [0.717, 1.165) is 19.3 Å². The van der Waals surface area contributed by atoms with Crippen molar-refractivity contribution in [3.05, 3.63) is 95.6 Å². The van der Waals surface area contributed by atoms with Gasteiger partial charge in [0, 0.05) is 24.4 Å². The summed E-state index contributed by atoms with van der Waals surface area (Å²) in [5.41, 5.74) is 3.74. The molecule has 0 bridgehead atoms. The highest BCUT2D eigenvalue weighted by Crippen LogP contribution is 2.61. The molecule has 1 aliphatic heterocycles. The molecule has 0 spiro atoms. The highest BCUT2D eigenvalue weighted by Gasteiger charge is 2.65. The molecule has 3 aromatic carbocycles. The van der Waals surface area contributed by atoms with Crippen LogP contribution in [0.5, 0.6) is 0 Å². The number of ether oxygens (including phenoxy) is 2. The fourth-order valence-electron chi connectivity index (χ4n) is 8.38. The summed E-state index contributed by atoms with van der Waals surface area (Å²) in [5, 5.41) is 2.46. The topological polar surface area (TPSA) is 44.8 Å². The van der Waals surface area contributed by atoms with Crippen LogP contribution < -0.4 is 10.4 Å². The average Bonchev–Trinajstić information content (AvgIpc) is 3.31. The van der Waals surface area contributed by atoms with Gasteiger partial charge in [0.25, 0.3) is 9.04 Å². The molecule has 3 aliphatic carbocycles. The highest BCUT2D eigenvalue weighted by molar-refractivity contribution is 6.80. The van der Waals surface area contributed by atoms with E-state index in [-0.39, 0.29) is 29.0 Å². The van der Waals surface area contributed by atoms with Gasteiger partial charge in [-0.25, -0.2) is 0 Å². The number of fused-ring (bicyclic) bond motifs is 7. The predicted octanol–water partition coefficient (Wildman–Crippen LogP) is 5.22. The molecule has 2 unspecified atom stereocenters. The largest absolute Gasteiger partial charge is 0.407 e. The zero-order valence-corrected chi connectivity index (χ0v) is 25.5. The number of benzene rings is 3. The molecule has 41 heavy (non-hydrogen) atoms. The molecular weight excluding hydrogens is 524 g/mol. The fraction of sp³-hybridized carbons (Fsp3) is 0.472. The highest BCUT2D eigenvalue weighted by atomic mass is 28.3. The molecule has 2 saturated carbocycles. The first kappa shape index (κ1) is 27.3. The smallest absolute Gasteiger partial charge is 0.282 e. The standard InChI is InChI=1S/C36H41O4Si/c1-35(2,3)25-15-17-28-24(20-25)14-16-29-30-21-32-34(39-19-18-38-32)36(30,22-31(37)33(28)29)23-40-41(26-10-6-4-7-11-26)27-12-8-5-9-13-27/h4-13,15,17,20,29-30,32-34H,14,16,18-19,21-23H2,1-3H3/t29-,30-,32?,33+,34?,36+/m0/s1. The van der Waals surface area contributed by atoms with Gasteiger partial charge in [-0.15, -0.1) is 0 Å². The van der Waals surface area contributed by atoms with Crippen LogP contribution in [-0.4, -0.2) is 46.9 Å². The third kappa shape index (κ3) is 4.75.